The van der Waals surface area contributed by atoms with E-state index >= 15 is 0 Å². The van der Waals surface area contributed by atoms with E-state index in [9.17, 15) is 4.79 Å². The molecule has 1 fully saturated rings. The third kappa shape index (κ3) is 3.96. The molecule has 1 aliphatic rings. The van der Waals surface area contributed by atoms with Gasteiger partial charge in [0.25, 0.3) is 11.1 Å². The molecule has 0 aliphatic heterocycles. The fourth-order valence-corrected chi connectivity index (χ4v) is 3.46. The van der Waals surface area contributed by atoms with E-state index in [1.54, 1.807) is 12.3 Å². The van der Waals surface area contributed by atoms with Gasteiger partial charge >= 0.3 is 0 Å². The number of thioether (sulfide) groups is 1. The number of aryl methyl sites for hydroxylation is 1. The van der Waals surface area contributed by atoms with Gasteiger partial charge in [-0.1, -0.05) is 31.5 Å². The van der Waals surface area contributed by atoms with Crippen molar-refractivity contribution < 1.29 is 13.6 Å². The molecule has 0 spiro atoms. The Morgan fingerprint density at radius 1 is 1.39 bits per heavy atom. The Bertz CT molecular complexity index is 667. The lowest BCUT2D eigenvalue weighted by molar-refractivity contribution is -0.119. The second-order valence-corrected chi connectivity index (χ2v) is 6.91. The minimum atomic E-state index is 0.0213. The van der Waals surface area contributed by atoms with Crippen LogP contribution in [0.5, 0.6) is 0 Å². The number of aromatic nitrogens is 2. The summed E-state index contributed by atoms with van der Waals surface area (Å²) in [5.41, 5.74) is 0.782. The average Bonchev–Trinajstić information content (AvgIpc) is 3.16. The highest BCUT2D eigenvalue weighted by molar-refractivity contribution is 7.99. The molecule has 7 heteroatoms. The topological polar surface area (TPSA) is 81.2 Å². The molecule has 0 unspecified atom stereocenters. The zero-order valence-electron chi connectivity index (χ0n) is 13.4. The van der Waals surface area contributed by atoms with Crippen molar-refractivity contribution in [2.75, 3.05) is 5.75 Å². The number of carbonyl (C=O) groups excluding carboxylic acids is 1. The Kier molecular flexibility index (Phi) is 5.05. The number of carbonyl (C=O) groups is 1. The minimum absolute atomic E-state index is 0.0213. The Balaban J connectivity index is 1.51. The van der Waals surface area contributed by atoms with E-state index in [2.05, 4.69) is 22.4 Å². The molecule has 1 amide bonds. The number of hydrogen-bond acceptors (Lipinski definition) is 6. The highest BCUT2D eigenvalue weighted by atomic mass is 32.2. The summed E-state index contributed by atoms with van der Waals surface area (Å²) >= 11 is 1.26. The van der Waals surface area contributed by atoms with Crippen molar-refractivity contribution in [1.29, 1.82) is 0 Å². The van der Waals surface area contributed by atoms with Crippen LogP contribution >= 0.6 is 11.8 Å². The molecular formula is C16H21N3O3S. The van der Waals surface area contributed by atoms with Crippen molar-refractivity contribution in [2.24, 2.45) is 5.92 Å². The van der Waals surface area contributed by atoms with Crippen molar-refractivity contribution in [2.45, 2.75) is 50.8 Å². The molecule has 1 N–H and O–H groups in total. The first-order valence-electron chi connectivity index (χ1n) is 7.93. The van der Waals surface area contributed by atoms with Crippen LogP contribution in [0.25, 0.3) is 11.5 Å². The first-order chi connectivity index (χ1) is 11.1. The summed E-state index contributed by atoms with van der Waals surface area (Å²) in [6.45, 7) is 4.04. The number of nitrogens with one attached hydrogen (secondary N) is 1. The number of hydrogen-bond donors (Lipinski definition) is 1. The molecule has 0 aromatic carbocycles. The highest BCUT2D eigenvalue weighted by Crippen LogP contribution is 2.27. The SMILES string of the molecule is Cc1occc1-c1nnc(SCC(=O)N[C@@H]2CCCC[C@H]2C)o1. The second kappa shape index (κ2) is 7.21. The van der Waals surface area contributed by atoms with Gasteiger partial charge in [0.1, 0.15) is 5.76 Å². The van der Waals surface area contributed by atoms with Crippen LogP contribution in [0.3, 0.4) is 0 Å². The molecule has 6 nitrogen and oxygen atoms in total. The number of nitrogens with zero attached hydrogens (tertiary/aromatic N) is 2. The van der Waals surface area contributed by atoms with Gasteiger partial charge in [0.2, 0.25) is 5.91 Å². The van der Waals surface area contributed by atoms with E-state index in [0.717, 1.165) is 17.7 Å². The van der Waals surface area contributed by atoms with E-state index < -0.39 is 0 Å². The Hall–Kier alpha value is -1.76. The molecule has 1 aliphatic carbocycles. The van der Waals surface area contributed by atoms with E-state index in [4.69, 9.17) is 8.83 Å². The first-order valence-corrected chi connectivity index (χ1v) is 8.92. The summed E-state index contributed by atoms with van der Waals surface area (Å²) in [6.07, 6.45) is 6.30. The number of rotatable bonds is 5. The normalized spacial score (nSPS) is 21.3. The van der Waals surface area contributed by atoms with Crippen LogP contribution in [0.2, 0.25) is 0 Å². The summed E-state index contributed by atoms with van der Waals surface area (Å²) in [6, 6.07) is 2.08. The molecule has 2 heterocycles. The van der Waals surface area contributed by atoms with Gasteiger partial charge in [-0.2, -0.15) is 0 Å². The van der Waals surface area contributed by atoms with E-state index in [-0.39, 0.29) is 11.7 Å². The van der Waals surface area contributed by atoms with Gasteiger partial charge < -0.3 is 14.2 Å². The van der Waals surface area contributed by atoms with Crippen LogP contribution in [-0.4, -0.2) is 27.9 Å². The van der Waals surface area contributed by atoms with Crippen LogP contribution in [0.15, 0.2) is 26.4 Å². The van der Waals surface area contributed by atoms with Gasteiger partial charge in [0, 0.05) is 6.04 Å². The molecule has 0 bridgehead atoms. The molecule has 1 saturated carbocycles. The molecular weight excluding hydrogens is 314 g/mol. The summed E-state index contributed by atoms with van der Waals surface area (Å²) < 4.78 is 10.8. The fourth-order valence-electron chi connectivity index (χ4n) is 2.89. The van der Waals surface area contributed by atoms with E-state index in [0.29, 0.717) is 23.1 Å². The second-order valence-electron chi connectivity index (χ2n) is 5.99. The highest BCUT2D eigenvalue weighted by Gasteiger charge is 2.23. The molecule has 23 heavy (non-hydrogen) atoms. The monoisotopic (exact) mass is 335 g/mol. The predicted molar refractivity (Wildman–Crippen MR) is 87.0 cm³/mol. The van der Waals surface area contributed by atoms with Crippen LogP contribution in [0.1, 0.15) is 38.4 Å². The zero-order chi connectivity index (χ0) is 16.2. The molecule has 124 valence electrons. The van der Waals surface area contributed by atoms with Crippen LogP contribution in [0.4, 0.5) is 0 Å². The van der Waals surface area contributed by atoms with Gasteiger partial charge in [0.15, 0.2) is 0 Å². The number of furan rings is 1. The van der Waals surface area contributed by atoms with Crippen molar-refractivity contribution in [1.82, 2.24) is 15.5 Å². The van der Waals surface area contributed by atoms with Crippen molar-refractivity contribution in [3.05, 3.63) is 18.1 Å². The van der Waals surface area contributed by atoms with Gasteiger partial charge in [0.05, 0.1) is 17.6 Å². The lowest BCUT2D eigenvalue weighted by Gasteiger charge is -2.29. The molecule has 0 saturated heterocycles. The lowest BCUT2D eigenvalue weighted by atomic mass is 9.86. The van der Waals surface area contributed by atoms with Crippen LogP contribution in [-0.2, 0) is 4.79 Å². The molecule has 0 radical (unpaired) electrons. The quantitative estimate of drug-likeness (QED) is 0.843. The standard InChI is InChI=1S/C16H21N3O3S/c1-10-5-3-4-6-13(10)17-14(20)9-23-16-19-18-15(22-16)12-7-8-21-11(12)2/h7-8,10,13H,3-6,9H2,1-2H3,(H,17,20)/t10-,13-/m1/s1. The maximum Gasteiger partial charge on any atom is 0.277 e. The lowest BCUT2D eigenvalue weighted by Crippen LogP contribution is -2.41. The number of amides is 1. The summed E-state index contributed by atoms with van der Waals surface area (Å²) in [5, 5.41) is 11.5. The molecule has 2 aromatic heterocycles. The van der Waals surface area contributed by atoms with E-state index in [1.807, 2.05) is 6.92 Å². The minimum Gasteiger partial charge on any atom is -0.469 e. The van der Waals surface area contributed by atoms with Gasteiger partial charge in [-0.15, -0.1) is 10.2 Å². The Morgan fingerprint density at radius 3 is 2.96 bits per heavy atom. The Labute approximate surface area is 139 Å². The third-order valence-electron chi connectivity index (χ3n) is 4.28. The van der Waals surface area contributed by atoms with Gasteiger partial charge in [-0.3, -0.25) is 4.79 Å². The third-order valence-corrected chi connectivity index (χ3v) is 5.10. The summed E-state index contributed by atoms with van der Waals surface area (Å²) in [7, 11) is 0. The first kappa shape index (κ1) is 16.1. The van der Waals surface area contributed by atoms with Gasteiger partial charge in [-0.25, -0.2) is 0 Å². The summed E-state index contributed by atoms with van der Waals surface area (Å²) in [5.74, 6) is 2.01. The largest absolute Gasteiger partial charge is 0.469 e. The average molecular weight is 335 g/mol. The van der Waals surface area contributed by atoms with E-state index in [1.165, 1.54) is 31.0 Å². The van der Waals surface area contributed by atoms with Crippen LogP contribution in [0, 0.1) is 12.8 Å². The maximum atomic E-state index is 12.1. The molecule has 2 atom stereocenters. The van der Waals surface area contributed by atoms with Crippen molar-refractivity contribution in [3.63, 3.8) is 0 Å². The summed E-state index contributed by atoms with van der Waals surface area (Å²) in [4.78, 5) is 12.1. The predicted octanol–water partition coefficient (Wildman–Crippen LogP) is 3.43. The van der Waals surface area contributed by atoms with Crippen molar-refractivity contribution >= 4 is 17.7 Å². The maximum absolute atomic E-state index is 12.1. The van der Waals surface area contributed by atoms with Crippen LogP contribution < -0.4 is 5.32 Å². The Morgan fingerprint density at radius 2 is 2.22 bits per heavy atom. The van der Waals surface area contributed by atoms with Crippen molar-refractivity contribution in [3.8, 4) is 11.5 Å². The molecule has 3 rings (SSSR count). The fraction of sp³-hybridized carbons (Fsp3) is 0.562. The van der Waals surface area contributed by atoms with Gasteiger partial charge in [-0.05, 0) is 31.7 Å². The molecule has 2 aromatic rings. The smallest absolute Gasteiger partial charge is 0.277 e. The zero-order valence-corrected chi connectivity index (χ0v) is 14.2.